The molecule has 1 unspecified atom stereocenters. The standard InChI is InChI=1S/C16H21F2N3/c1-4-6-19-16(9-12-5-7-21(3)20-12)13-8-11(2)14(17)10-15(13)18/h5,7-8,10,16,19H,4,6,9H2,1-3H3. The van der Waals surface area contributed by atoms with Gasteiger partial charge in [0.15, 0.2) is 0 Å². The Bertz CT molecular complexity index is 608. The first-order chi connectivity index (χ1) is 10.0. The molecule has 0 saturated carbocycles. The third-order valence-corrected chi connectivity index (χ3v) is 3.48. The van der Waals surface area contributed by atoms with Crippen LogP contribution in [0.15, 0.2) is 24.4 Å². The third kappa shape index (κ3) is 3.88. The summed E-state index contributed by atoms with van der Waals surface area (Å²) in [5.74, 6) is -1.02. The largest absolute Gasteiger partial charge is 0.310 e. The zero-order valence-electron chi connectivity index (χ0n) is 12.7. The summed E-state index contributed by atoms with van der Waals surface area (Å²) >= 11 is 0. The van der Waals surface area contributed by atoms with E-state index in [2.05, 4.69) is 17.3 Å². The van der Waals surface area contributed by atoms with E-state index in [1.807, 2.05) is 19.3 Å². The smallest absolute Gasteiger partial charge is 0.130 e. The average Bonchev–Trinajstić information content (AvgIpc) is 2.84. The van der Waals surface area contributed by atoms with Crippen LogP contribution in [0.25, 0.3) is 0 Å². The zero-order chi connectivity index (χ0) is 15.4. The summed E-state index contributed by atoms with van der Waals surface area (Å²) in [7, 11) is 1.85. The molecule has 1 heterocycles. The summed E-state index contributed by atoms with van der Waals surface area (Å²) in [6, 6.07) is 4.25. The predicted octanol–water partition coefficient (Wildman–Crippen LogP) is 3.29. The minimum absolute atomic E-state index is 0.209. The Morgan fingerprint density at radius 3 is 2.67 bits per heavy atom. The molecule has 0 bridgehead atoms. The molecule has 0 fully saturated rings. The highest BCUT2D eigenvalue weighted by Gasteiger charge is 2.18. The number of rotatable bonds is 6. The second-order valence-electron chi connectivity index (χ2n) is 5.31. The Balaban J connectivity index is 2.28. The van der Waals surface area contributed by atoms with Crippen molar-refractivity contribution in [3.8, 4) is 0 Å². The fourth-order valence-electron chi connectivity index (χ4n) is 2.34. The summed E-state index contributed by atoms with van der Waals surface area (Å²) in [5.41, 5.74) is 1.83. The molecule has 0 amide bonds. The highest BCUT2D eigenvalue weighted by Crippen LogP contribution is 2.23. The summed E-state index contributed by atoms with van der Waals surface area (Å²) < 4.78 is 29.3. The highest BCUT2D eigenvalue weighted by molar-refractivity contribution is 5.29. The maximum Gasteiger partial charge on any atom is 0.130 e. The highest BCUT2D eigenvalue weighted by atomic mass is 19.1. The van der Waals surface area contributed by atoms with E-state index in [0.717, 1.165) is 24.7 Å². The first-order valence-corrected chi connectivity index (χ1v) is 7.18. The summed E-state index contributed by atoms with van der Waals surface area (Å²) in [6.07, 6.45) is 3.38. The quantitative estimate of drug-likeness (QED) is 0.885. The van der Waals surface area contributed by atoms with Crippen molar-refractivity contribution in [3.63, 3.8) is 0 Å². The minimum Gasteiger partial charge on any atom is -0.310 e. The van der Waals surface area contributed by atoms with E-state index in [0.29, 0.717) is 17.5 Å². The van der Waals surface area contributed by atoms with Crippen molar-refractivity contribution < 1.29 is 8.78 Å². The lowest BCUT2D eigenvalue weighted by molar-refractivity contribution is 0.484. The van der Waals surface area contributed by atoms with Gasteiger partial charge in [-0.25, -0.2) is 8.78 Å². The van der Waals surface area contributed by atoms with Crippen LogP contribution >= 0.6 is 0 Å². The maximum absolute atomic E-state index is 14.1. The van der Waals surface area contributed by atoms with Crippen LogP contribution in [0, 0.1) is 18.6 Å². The number of aryl methyl sites for hydroxylation is 2. The Kier molecular flexibility index (Phi) is 5.07. The van der Waals surface area contributed by atoms with Gasteiger partial charge in [-0.1, -0.05) is 6.92 Å². The van der Waals surface area contributed by atoms with E-state index < -0.39 is 11.6 Å². The average molecular weight is 293 g/mol. The van der Waals surface area contributed by atoms with Crippen molar-refractivity contribution in [3.05, 3.63) is 52.9 Å². The van der Waals surface area contributed by atoms with Crippen LogP contribution in [0.4, 0.5) is 8.78 Å². The van der Waals surface area contributed by atoms with Gasteiger partial charge in [0.2, 0.25) is 0 Å². The van der Waals surface area contributed by atoms with Gasteiger partial charge in [-0.2, -0.15) is 5.10 Å². The summed E-state index contributed by atoms with van der Waals surface area (Å²) in [6.45, 7) is 4.47. The molecular formula is C16H21F2N3. The Morgan fingerprint density at radius 2 is 2.05 bits per heavy atom. The zero-order valence-corrected chi connectivity index (χ0v) is 12.7. The maximum atomic E-state index is 14.1. The lowest BCUT2D eigenvalue weighted by Gasteiger charge is -2.19. The Hall–Kier alpha value is -1.75. The fraction of sp³-hybridized carbons (Fsp3) is 0.438. The number of hydrogen-bond donors (Lipinski definition) is 1. The third-order valence-electron chi connectivity index (χ3n) is 3.48. The van der Waals surface area contributed by atoms with Gasteiger partial charge in [0.1, 0.15) is 11.6 Å². The molecule has 0 radical (unpaired) electrons. The molecule has 5 heteroatoms. The fourth-order valence-corrected chi connectivity index (χ4v) is 2.34. The van der Waals surface area contributed by atoms with Crippen molar-refractivity contribution in [2.45, 2.75) is 32.7 Å². The van der Waals surface area contributed by atoms with Crippen LogP contribution in [-0.4, -0.2) is 16.3 Å². The number of hydrogen-bond acceptors (Lipinski definition) is 2. The van der Waals surface area contributed by atoms with Gasteiger partial charge >= 0.3 is 0 Å². The van der Waals surface area contributed by atoms with Gasteiger partial charge in [0.05, 0.1) is 5.69 Å². The number of aromatic nitrogens is 2. The monoisotopic (exact) mass is 293 g/mol. The van der Waals surface area contributed by atoms with Gasteiger partial charge in [0, 0.05) is 37.3 Å². The van der Waals surface area contributed by atoms with Crippen molar-refractivity contribution >= 4 is 0 Å². The molecule has 114 valence electrons. The second kappa shape index (κ2) is 6.80. The molecule has 1 aromatic heterocycles. The minimum atomic E-state index is -0.511. The molecule has 1 N–H and O–H groups in total. The van der Waals surface area contributed by atoms with Crippen LogP contribution < -0.4 is 5.32 Å². The molecule has 0 aliphatic heterocycles. The first-order valence-electron chi connectivity index (χ1n) is 7.18. The second-order valence-corrected chi connectivity index (χ2v) is 5.31. The molecule has 0 aliphatic rings. The lowest BCUT2D eigenvalue weighted by atomic mass is 9.99. The Labute approximate surface area is 124 Å². The van der Waals surface area contributed by atoms with E-state index in [1.54, 1.807) is 17.7 Å². The van der Waals surface area contributed by atoms with E-state index >= 15 is 0 Å². The molecule has 21 heavy (non-hydrogen) atoms. The van der Waals surface area contributed by atoms with Gasteiger partial charge in [-0.05, 0) is 37.6 Å². The topological polar surface area (TPSA) is 29.9 Å². The van der Waals surface area contributed by atoms with Crippen molar-refractivity contribution in [1.29, 1.82) is 0 Å². The van der Waals surface area contributed by atoms with E-state index in [4.69, 9.17) is 0 Å². The molecule has 0 spiro atoms. The lowest BCUT2D eigenvalue weighted by Crippen LogP contribution is -2.25. The van der Waals surface area contributed by atoms with E-state index in [1.165, 1.54) is 0 Å². The number of benzene rings is 1. The van der Waals surface area contributed by atoms with Crippen LogP contribution in [0.1, 0.15) is 36.2 Å². The van der Waals surface area contributed by atoms with E-state index in [9.17, 15) is 8.78 Å². The SMILES string of the molecule is CCCNC(Cc1ccn(C)n1)c1cc(C)c(F)cc1F. The van der Waals surface area contributed by atoms with Gasteiger partial charge in [0.25, 0.3) is 0 Å². The molecule has 1 atom stereocenters. The predicted molar refractivity (Wildman–Crippen MR) is 79.0 cm³/mol. The van der Waals surface area contributed by atoms with Crippen LogP contribution in [0.3, 0.4) is 0 Å². The number of nitrogens with zero attached hydrogens (tertiary/aromatic N) is 2. The van der Waals surface area contributed by atoms with Crippen molar-refractivity contribution in [2.24, 2.45) is 7.05 Å². The molecule has 0 saturated heterocycles. The molecule has 0 aliphatic carbocycles. The van der Waals surface area contributed by atoms with Crippen molar-refractivity contribution in [2.75, 3.05) is 6.54 Å². The number of nitrogens with one attached hydrogen (secondary N) is 1. The van der Waals surface area contributed by atoms with Crippen LogP contribution in [0.2, 0.25) is 0 Å². The molecule has 3 nitrogen and oxygen atoms in total. The number of halogens is 2. The van der Waals surface area contributed by atoms with E-state index in [-0.39, 0.29) is 6.04 Å². The van der Waals surface area contributed by atoms with Gasteiger partial charge < -0.3 is 5.32 Å². The van der Waals surface area contributed by atoms with Crippen LogP contribution in [-0.2, 0) is 13.5 Å². The van der Waals surface area contributed by atoms with Crippen molar-refractivity contribution in [1.82, 2.24) is 15.1 Å². The molecule has 2 rings (SSSR count). The van der Waals surface area contributed by atoms with Gasteiger partial charge in [-0.15, -0.1) is 0 Å². The first kappa shape index (κ1) is 15.6. The summed E-state index contributed by atoms with van der Waals surface area (Å²) in [4.78, 5) is 0. The molecule has 2 aromatic rings. The van der Waals surface area contributed by atoms with Crippen LogP contribution in [0.5, 0.6) is 0 Å². The van der Waals surface area contributed by atoms with Gasteiger partial charge in [-0.3, -0.25) is 4.68 Å². The normalized spacial score (nSPS) is 12.6. The molecular weight excluding hydrogens is 272 g/mol. The summed E-state index contributed by atoms with van der Waals surface area (Å²) in [5, 5.41) is 7.65. The molecule has 1 aromatic carbocycles. The Morgan fingerprint density at radius 1 is 1.29 bits per heavy atom.